The van der Waals surface area contributed by atoms with Gasteiger partial charge in [-0.2, -0.15) is 0 Å². The minimum atomic E-state index is -0.229. The van der Waals surface area contributed by atoms with Crippen LogP contribution in [0, 0.1) is 6.92 Å². The smallest absolute Gasteiger partial charge is 0.280 e. The van der Waals surface area contributed by atoms with E-state index in [0.717, 1.165) is 27.8 Å². The van der Waals surface area contributed by atoms with Gasteiger partial charge in [0.25, 0.3) is 5.91 Å². The molecule has 1 amide bonds. The standard InChI is InChI=1S/C24H18ClN5O2/c1-15-22(24(31)29(2)18-6-4-3-5-7-18)26-28-30(15)19-12-13-21-20(14-19)23(32-27-21)16-8-10-17(25)11-9-16/h3-14H,1-2H3. The van der Waals surface area contributed by atoms with Crippen LogP contribution < -0.4 is 4.90 Å². The van der Waals surface area contributed by atoms with E-state index in [1.54, 1.807) is 28.8 Å². The highest BCUT2D eigenvalue weighted by molar-refractivity contribution is 6.30. The molecule has 0 aliphatic carbocycles. The van der Waals surface area contributed by atoms with Gasteiger partial charge < -0.3 is 9.42 Å². The molecule has 2 aromatic heterocycles. The maximum Gasteiger partial charge on any atom is 0.280 e. The second-order valence-electron chi connectivity index (χ2n) is 7.36. The van der Waals surface area contributed by atoms with E-state index in [1.165, 1.54) is 0 Å². The maximum absolute atomic E-state index is 13.0. The lowest BCUT2D eigenvalue weighted by atomic mass is 10.1. The third kappa shape index (κ3) is 3.42. The van der Waals surface area contributed by atoms with Crippen LogP contribution in [0.15, 0.2) is 77.3 Å². The van der Waals surface area contributed by atoms with Crippen LogP contribution in [0.4, 0.5) is 5.69 Å². The first-order chi connectivity index (χ1) is 15.5. The molecule has 3 aromatic carbocycles. The molecule has 0 aliphatic heterocycles. The number of amides is 1. The molecule has 158 valence electrons. The van der Waals surface area contributed by atoms with E-state index in [9.17, 15) is 4.79 Å². The monoisotopic (exact) mass is 443 g/mol. The highest BCUT2D eigenvalue weighted by Gasteiger charge is 2.22. The lowest BCUT2D eigenvalue weighted by Gasteiger charge is -2.16. The van der Waals surface area contributed by atoms with Gasteiger partial charge in [0.05, 0.1) is 16.8 Å². The minimum absolute atomic E-state index is 0.229. The van der Waals surface area contributed by atoms with E-state index in [4.69, 9.17) is 16.1 Å². The van der Waals surface area contributed by atoms with E-state index in [-0.39, 0.29) is 5.91 Å². The van der Waals surface area contributed by atoms with Gasteiger partial charge in [-0.3, -0.25) is 4.79 Å². The number of fused-ring (bicyclic) bond motifs is 1. The second-order valence-corrected chi connectivity index (χ2v) is 7.79. The lowest BCUT2D eigenvalue weighted by molar-refractivity contribution is 0.0987. The molecule has 0 atom stereocenters. The van der Waals surface area contributed by atoms with Gasteiger partial charge in [-0.05, 0) is 61.5 Å². The SMILES string of the molecule is Cc1c(C(=O)N(C)c2ccccc2)nnn1-c1ccc2noc(-c3ccc(Cl)cc3)c2c1. The Morgan fingerprint density at radius 1 is 1.03 bits per heavy atom. The van der Waals surface area contributed by atoms with Gasteiger partial charge >= 0.3 is 0 Å². The summed E-state index contributed by atoms with van der Waals surface area (Å²) in [6.07, 6.45) is 0. The first-order valence-electron chi connectivity index (χ1n) is 9.94. The van der Waals surface area contributed by atoms with Gasteiger partial charge in [-0.15, -0.1) is 5.10 Å². The Bertz CT molecular complexity index is 1420. The summed E-state index contributed by atoms with van der Waals surface area (Å²) in [6.45, 7) is 1.82. The minimum Gasteiger partial charge on any atom is -0.355 e. The van der Waals surface area contributed by atoms with Crippen LogP contribution in [0.5, 0.6) is 0 Å². The van der Waals surface area contributed by atoms with Crippen molar-refractivity contribution >= 4 is 34.1 Å². The van der Waals surface area contributed by atoms with Gasteiger partial charge in [0, 0.05) is 23.3 Å². The number of aromatic nitrogens is 4. The van der Waals surface area contributed by atoms with Crippen molar-refractivity contribution in [1.82, 2.24) is 20.2 Å². The summed E-state index contributed by atoms with van der Waals surface area (Å²) >= 11 is 6.01. The molecule has 0 spiro atoms. The van der Waals surface area contributed by atoms with Crippen molar-refractivity contribution in [3.8, 4) is 17.0 Å². The van der Waals surface area contributed by atoms with Crippen LogP contribution in [0.2, 0.25) is 5.02 Å². The molecule has 8 heteroatoms. The quantitative estimate of drug-likeness (QED) is 0.376. The number of anilines is 1. The first-order valence-corrected chi connectivity index (χ1v) is 10.3. The van der Waals surface area contributed by atoms with Crippen LogP contribution in [-0.2, 0) is 0 Å². The average molecular weight is 444 g/mol. The molecule has 7 nitrogen and oxygen atoms in total. The Kier molecular flexibility index (Phi) is 4.95. The van der Waals surface area contributed by atoms with Gasteiger partial charge in [0.15, 0.2) is 11.5 Å². The number of hydrogen-bond donors (Lipinski definition) is 0. The van der Waals surface area contributed by atoms with Crippen molar-refractivity contribution in [3.63, 3.8) is 0 Å². The largest absolute Gasteiger partial charge is 0.355 e. The molecular formula is C24H18ClN5O2. The summed E-state index contributed by atoms with van der Waals surface area (Å²) in [6, 6.07) is 22.4. The van der Waals surface area contributed by atoms with E-state index in [0.29, 0.717) is 22.2 Å². The Hall–Kier alpha value is -3.97. The number of hydrogen-bond acceptors (Lipinski definition) is 5. The van der Waals surface area contributed by atoms with E-state index < -0.39 is 0 Å². The molecule has 0 bridgehead atoms. The van der Waals surface area contributed by atoms with Crippen LogP contribution in [0.25, 0.3) is 27.9 Å². The van der Waals surface area contributed by atoms with Crippen LogP contribution >= 0.6 is 11.6 Å². The van der Waals surface area contributed by atoms with Gasteiger partial charge in [0.2, 0.25) is 0 Å². The molecule has 5 rings (SSSR count). The third-order valence-corrected chi connectivity index (χ3v) is 5.61. The predicted molar refractivity (Wildman–Crippen MR) is 123 cm³/mol. The van der Waals surface area contributed by atoms with Crippen LogP contribution in [-0.4, -0.2) is 33.1 Å². The van der Waals surface area contributed by atoms with Crippen LogP contribution in [0.1, 0.15) is 16.2 Å². The molecule has 0 saturated carbocycles. The fourth-order valence-electron chi connectivity index (χ4n) is 3.57. The fourth-order valence-corrected chi connectivity index (χ4v) is 3.70. The molecule has 0 unspecified atom stereocenters. The number of nitrogens with zero attached hydrogens (tertiary/aromatic N) is 5. The molecule has 5 aromatic rings. The number of para-hydroxylation sites is 1. The van der Waals surface area contributed by atoms with Gasteiger partial charge in [0.1, 0.15) is 5.52 Å². The Morgan fingerprint density at radius 3 is 2.53 bits per heavy atom. The third-order valence-electron chi connectivity index (χ3n) is 5.36. The van der Waals surface area contributed by atoms with Crippen molar-refractivity contribution in [2.24, 2.45) is 0 Å². The Balaban J connectivity index is 1.52. The molecule has 2 heterocycles. The van der Waals surface area contributed by atoms with E-state index in [2.05, 4.69) is 15.5 Å². The summed E-state index contributed by atoms with van der Waals surface area (Å²) < 4.78 is 7.23. The second kappa shape index (κ2) is 7.94. The zero-order valence-corrected chi connectivity index (χ0v) is 18.1. The number of benzene rings is 3. The number of rotatable bonds is 4. The summed E-state index contributed by atoms with van der Waals surface area (Å²) in [5.41, 5.74) is 4.05. The zero-order chi connectivity index (χ0) is 22.2. The predicted octanol–water partition coefficient (Wildman–Crippen LogP) is 5.31. The van der Waals surface area contributed by atoms with E-state index in [1.807, 2.05) is 67.6 Å². The van der Waals surface area contributed by atoms with E-state index >= 15 is 0 Å². The van der Waals surface area contributed by atoms with Crippen molar-refractivity contribution in [2.45, 2.75) is 6.92 Å². The molecule has 0 radical (unpaired) electrons. The molecular weight excluding hydrogens is 426 g/mol. The highest BCUT2D eigenvalue weighted by atomic mass is 35.5. The van der Waals surface area contributed by atoms with Crippen molar-refractivity contribution in [3.05, 3.63) is 89.2 Å². The topological polar surface area (TPSA) is 77.1 Å². The first kappa shape index (κ1) is 20.0. The van der Waals surface area contributed by atoms with Gasteiger partial charge in [-0.25, -0.2) is 4.68 Å². The number of halogens is 1. The van der Waals surface area contributed by atoms with Crippen molar-refractivity contribution < 1.29 is 9.32 Å². The molecule has 0 aliphatic rings. The Morgan fingerprint density at radius 2 is 1.78 bits per heavy atom. The lowest BCUT2D eigenvalue weighted by Crippen LogP contribution is -2.27. The maximum atomic E-state index is 13.0. The molecule has 0 N–H and O–H groups in total. The van der Waals surface area contributed by atoms with Crippen molar-refractivity contribution in [1.29, 1.82) is 0 Å². The van der Waals surface area contributed by atoms with Gasteiger partial charge in [-0.1, -0.05) is 40.2 Å². The number of carbonyl (C=O) groups is 1. The average Bonchev–Trinajstić information content (AvgIpc) is 3.42. The summed E-state index contributed by atoms with van der Waals surface area (Å²) in [4.78, 5) is 14.6. The molecule has 0 fully saturated rings. The Labute approximate surface area is 188 Å². The fraction of sp³-hybridized carbons (Fsp3) is 0.0833. The summed E-state index contributed by atoms with van der Waals surface area (Å²) in [5.74, 6) is 0.407. The summed E-state index contributed by atoms with van der Waals surface area (Å²) in [7, 11) is 1.72. The van der Waals surface area contributed by atoms with Crippen molar-refractivity contribution in [2.75, 3.05) is 11.9 Å². The molecule has 32 heavy (non-hydrogen) atoms. The number of carbonyl (C=O) groups excluding carboxylic acids is 1. The zero-order valence-electron chi connectivity index (χ0n) is 17.4. The highest BCUT2D eigenvalue weighted by Crippen LogP contribution is 2.31. The van der Waals surface area contributed by atoms with Crippen LogP contribution in [0.3, 0.4) is 0 Å². The summed E-state index contributed by atoms with van der Waals surface area (Å²) in [5, 5.41) is 14.0. The molecule has 0 saturated heterocycles. The normalized spacial score (nSPS) is 11.1.